The second-order valence-corrected chi connectivity index (χ2v) is 5.42. The van der Waals surface area contributed by atoms with Crippen LogP contribution in [0.4, 0.5) is 11.4 Å². The van der Waals surface area contributed by atoms with E-state index in [4.69, 9.17) is 15.3 Å². The van der Waals surface area contributed by atoms with Crippen LogP contribution in [0.5, 0.6) is 5.75 Å². The summed E-state index contributed by atoms with van der Waals surface area (Å²) in [6.45, 7) is -1.59. The fourth-order valence-corrected chi connectivity index (χ4v) is 2.32. The zero-order valence-corrected chi connectivity index (χ0v) is 13.7. The Labute approximate surface area is 147 Å². The number of carbonyl (C=O) groups excluding carboxylic acids is 1. The van der Waals surface area contributed by atoms with Crippen molar-refractivity contribution < 1.29 is 44.7 Å². The third kappa shape index (κ3) is 5.85. The molecular formula is C15H17N2O9-. The minimum atomic E-state index is -1.60. The van der Waals surface area contributed by atoms with Crippen LogP contribution in [0.1, 0.15) is 5.56 Å². The minimum Gasteiger partial charge on any atom is -0.548 e. The number of aryl methyl sites for hydroxylation is 1. The van der Waals surface area contributed by atoms with E-state index in [2.05, 4.69) is 0 Å². The van der Waals surface area contributed by atoms with E-state index in [-0.39, 0.29) is 11.4 Å². The van der Waals surface area contributed by atoms with E-state index in [0.717, 1.165) is 9.80 Å². The lowest BCUT2D eigenvalue weighted by atomic mass is 10.1. The quantitative estimate of drug-likeness (QED) is 0.370. The van der Waals surface area contributed by atoms with Crippen molar-refractivity contribution in [1.29, 1.82) is 0 Å². The molecule has 26 heavy (non-hydrogen) atoms. The number of aliphatic carboxylic acids is 4. The Hall–Kier alpha value is -3.50. The molecule has 0 aromatic heterocycles. The van der Waals surface area contributed by atoms with Crippen molar-refractivity contribution in [2.24, 2.45) is 0 Å². The fourth-order valence-electron chi connectivity index (χ4n) is 2.32. The molecule has 11 nitrogen and oxygen atoms in total. The molecule has 0 fully saturated rings. The van der Waals surface area contributed by atoms with E-state index in [0.29, 0.717) is 5.56 Å². The molecular weight excluding hydrogens is 352 g/mol. The summed E-state index contributed by atoms with van der Waals surface area (Å²) in [7, 11) is 0. The highest BCUT2D eigenvalue weighted by atomic mass is 16.4. The molecule has 0 aliphatic rings. The van der Waals surface area contributed by atoms with Gasteiger partial charge < -0.3 is 40.1 Å². The number of phenolic OH excluding ortho intramolecular Hbond substituents is 1. The van der Waals surface area contributed by atoms with Crippen LogP contribution in [-0.4, -0.2) is 70.5 Å². The van der Waals surface area contributed by atoms with Crippen LogP contribution in [0, 0.1) is 6.92 Å². The summed E-state index contributed by atoms with van der Waals surface area (Å²) in [6, 6.07) is 2.60. The fraction of sp³-hybridized carbons (Fsp3) is 0.333. The van der Waals surface area contributed by atoms with E-state index in [1.54, 1.807) is 0 Å². The number of carbonyl (C=O) groups is 4. The molecule has 0 heterocycles. The third-order valence-electron chi connectivity index (χ3n) is 3.19. The Bertz CT molecular complexity index is 643. The Kier molecular flexibility index (Phi) is 6.76. The number of hydrogen-bond acceptors (Lipinski definition) is 8. The molecule has 0 spiro atoms. The van der Waals surface area contributed by atoms with Crippen molar-refractivity contribution in [3.8, 4) is 5.75 Å². The Morgan fingerprint density at radius 1 is 0.846 bits per heavy atom. The predicted octanol–water partition coefficient (Wildman–Crippen LogP) is -1.68. The number of nitrogens with zero attached hydrogens (tertiary/aromatic N) is 2. The first-order valence-corrected chi connectivity index (χ1v) is 7.20. The highest BCUT2D eigenvalue weighted by Crippen LogP contribution is 2.38. The molecule has 0 radical (unpaired) electrons. The monoisotopic (exact) mass is 369 g/mol. The average Bonchev–Trinajstić information content (AvgIpc) is 2.46. The number of anilines is 2. The van der Waals surface area contributed by atoms with Crippen LogP contribution >= 0.6 is 0 Å². The molecule has 0 aliphatic heterocycles. The number of rotatable bonds is 10. The summed E-state index contributed by atoms with van der Waals surface area (Å²) in [6.07, 6.45) is 0. The van der Waals surface area contributed by atoms with Crippen molar-refractivity contribution in [3.63, 3.8) is 0 Å². The number of carboxylic acids is 4. The second-order valence-electron chi connectivity index (χ2n) is 5.42. The second kappa shape index (κ2) is 8.55. The van der Waals surface area contributed by atoms with Gasteiger partial charge in [-0.05, 0) is 24.6 Å². The van der Waals surface area contributed by atoms with Crippen molar-refractivity contribution >= 4 is 35.3 Å². The van der Waals surface area contributed by atoms with Crippen molar-refractivity contribution in [1.82, 2.24) is 0 Å². The van der Waals surface area contributed by atoms with Gasteiger partial charge in [-0.3, -0.25) is 14.4 Å². The van der Waals surface area contributed by atoms with Crippen LogP contribution in [0.3, 0.4) is 0 Å². The molecule has 0 bridgehead atoms. The maximum atomic E-state index is 11.0. The average molecular weight is 369 g/mol. The lowest BCUT2D eigenvalue weighted by molar-refractivity contribution is -0.303. The summed E-state index contributed by atoms with van der Waals surface area (Å²) >= 11 is 0. The van der Waals surface area contributed by atoms with Crippen LogP contribution in [0.2, 0.25) is 0 Å². The first-order chi connectivity index (χ1) is 12.0. The Morgan fingerprint density at radius 3 is 1.50 bits per heavy atom. The van der Waals surface area contributed by atoms with Crippen LogP contribution < -0.4 is 14.9 Å². The summed E-state index contributed by atoms with van der Waals surface area (Å²) in [5, 5.41) is 48.1. The van der Waals surface area contributed by atoms with Gasteiger partial charge in [0.2, 0.25) is 0 Å². The number of aromatic hydroxyl groups is 1. The van der Waals surface area contributed by atoms with Gasteiger partial charge in [-0.25, -0.2) is 0 Å². The number of benzene rings is 1. The van der Waals surface area contributed by atoms with Gasteiger partial charge in [0.05, 0.1) is 23.9 Å². The largest absolute Gasteiger partial charge is 0.548 e. The number of carboxylic acid groups (broad SMARTS) is 4. The SMILES string of the molecule is Cc1cc(N(CC(=O)[O-])CC(=O)O)c(O)c(N(CC(=O)O)CC(=O)O)c1. The standard InChI is InChI=1S/C15H18N2O9/c1-8-2-9(16(4-11(18)19)5-12(20)21)15(26)10(3-8)17(6-13(22)23)7-14(24)25/h2-3,26H,4-7H2,1H3,(H,18,19)(H,20,21)(H,22,23)(H,24,25)/p-1. The van der Waals surface area contributed by atoms with Gasteiger partial charge in [0.1, 0.15) is 19.6 Å². The lowest BCUT2D eigenvalue weighted by Crippen LogP contribution is -2.41. The highest BCUT2D eigenvalue weighted by Gasteiger charge is 2.23. The molecule has 0 saturated carbocycles. The molecule has 4 N–H and O–H groups in total. The molecule has 0 aliphatic carbocycles. The third-order valence-corrected chi connectivity index (χ3v) is 3.19. The van der Waals surface area contributed by atoms with Gasteiger partial charge in [0, 0.05) is 0 Å². The van der Waals surface area contributed by atoms with Crippen LogP contribution in [-0.2, 0) is 19.2 Å². The normalized spacial score (nSPS) is 10.2. The van der Waals surface area contributed by atoms with Gasteiger partial charge in [-0.1, -0.05) is 0 Å². The molecule has 11 heteroatoms. The van der Waals surface area contributed by atoms with E-state index in [9.17, 15) is 29.4 Å². The summed E-state index contributed by atoms with van der Waals surface area (Å²) in [5.74, 6) is -6.32. The molecule has 0 saturated heterocycles. The molecule has 1 rings (SSSR count). The first kappa shape index (κ1) is 20.5. The summed E-state index contributed by atoms with van der Waals surface area (Å²) in [4.78, 5) is 45.5. The molecule has 142 valence electrons. The van der Waals surface area contributed by atoms with E-state index < -0.39 is 55.8 Å². The number of hydrogen-bond donors (Lipinski definition) is 4. The smallest absolute Gasteiger partial charge is 0.323 e. The first-order valence-electron chi connectivity index (χ1n) is 7.20. The van der Waals surface area contributed by atoms with Crippen molar-refractivity contribution in [2.75, 3.05) is 36.0 Å². The Morgan fingerprint density at radius 2 is 1.19 bits per heavy atom. The van der Waals surface area contributed by atoms with Crippen LogP contribution in [0.15, 0.2) is 12.1 Å². The van der Waals surface area contributed by atoms with Gasteiger partial charge in [0.25, 0.3) is 0 Å². The van der Waals surface area contributed by atoms with Crippen molar-refractivity contribution in [3.05, 3.63) is 17.7 Å². The van der Waals surface area contributed by atoms with E-state index >= 15 is 0 Å². The van der Waals surface area contributed by atoms with Gasteiger partial charge in [-0.2, -0.15) is 0 Å². The van der Waals surface area contributed by atoms with Gasteiger partial charge in [-0.15, -0.1) is 0 Å². The number of phenols is 1. The highest BCUT2D eigenvalue weighted by molar-refractivity contribution is 5.86. The maximum Gasteiger partial charge on any atom is 0.323 e. The van der Waals surface area contributed by atoms with E-state index in [1.807, 2.05) is 0 Å². The maximum absolute atomic E-state index is 11.0. The van der Waals surface area contributed by atoms with Crippen molar-refractivity contribution in [2.45, 2.75) is 6.92 Å². The topological polar surface area (TPSA) is 179 Å². The zero-order chi connectivity index (χ0) is 20.0. The molecule has 0 atom stereocenters. The zero-order valence-electron chi connectivity index (χ0n) is 13.7. The van der Waals surface area contributed by atoms with Crippen LogP contribution in [0.25, 0.3) is 0 Å². The van der Waals surface area contributed by atoms with Gasteiger partial charge in [0.15, 0.2) is 5.75 Å². The molecule has 0 unspecified atom stereocenters. The Balaban J connectivity index is 3.46. The molecule has 1 aromatic rings. The predicted molar refractivity (Wildman–Crippen MR) is 85.2 cm³/mol. The lowest BCUT2D eigenvalue weighted by Gasteiger charge is -2.28. The summed E-state index contributed by atoms with van der Waals surface area (Å²) < 4.78 is 0. The summed E-state index contributed by atoms with van der Waals surface area (Å²) in [5.41, 5.74) is 0.0354. The molecule has 1 aromatic carbocycles. The van der Waals surface area contributed by atoms with Gasteiger partial charge >= 0.3 is 17.9 Å². The molecule has 0 amide bonds. The minimum absolute atomic E-state index is 0.182. The van der Waals surface area contributed by atoms with E-state index in [1.165, 1.54) is 19.1 Å².